The lowest BCUT2D eigenvalue weighted by molar-refractivity contribution is 0.0425. The topological polar surface area (TPSA) is 21.7 Å². The predicted molar refractivity (Wildman–Crippen MR) is 52.9 cm³/mol. The summed E-state index contributed by atoms with van der Waals surface area (Å²) in [7, 11) is 3.91. The fourth-order valence-corrected chi connectivity index (χ4v) is 1.70. The van der Waals surface area contributed by atoms with Gasteiger partial charge in [-0.2, -0.15) is 0 Å². The van der Waals surface area contributed by atoms with E-state index in [1.54, 1.807) is 7.11 Å². The molecule has 0 radical (unpaired) electrons. The van der Waals surface area contributed by atoms with Gasteiger partial charge in [-0.25, -0.2) is 0 Å². The summed E-state index contributed by atoms with van der Waals surface area (Å²) in [6, 6.07) is 0.535. The Morgan fingerprint density at radius 1 is 1.46 bits per heavy atom. The molecule has 1 fully saturated rings. The first kappa shape index (κ1) is 11.0. The smallest absolute Gasteiger partial charge is 0.0714 e. The van der Waals surface area contributed by atoms with Crippen LogP contribution < -0.4 is 0 Å². The molecule has 0 aromatic carbocycles. The van der Waals surface area contributed by atoms with Crippen molar-refractivity contribution in [1.29, 1.82) is 0 Å². The molecule has 1 rings (SSSR count). The van der Waals surface area contributed by atoms with Gasteiger partial charge in [-0.1, -0.05) is 0 Å². The minimum absolute atomic E-state index is 0.329. The van der Waals surface area contributed by atoms with Gasteiger partial charge < -0.3 is 9.47 Å². The fraction of sp³-hybridized carbons (Fsp3) is 1.00. The normalized spacial score (nSPS) is 30.2. The van der Waals surface area contributed by atoms with Crippen molar-refractivity contribution in [3.63, 3.8) is 0 Å². The molecular formula is C10H21NO2. The van der Waals surface area contributed by atoms with Gasteiger partial charge in [-0.05, 0) is 27.3 Å². The van der Waals surface area contributed by atoms with Crippen LogP contribution in [0.3, 0.4) is 0 Å². The standard InChI is InChI=1S/C10H21NO2/c1-8(2)13-7-9-5-10(12-4)6-11(9)3/h8-10H,5-7H2,1-4H3/t9-,10+/m1/s1. The van der Waals surface area contributed by atoms with Gasteiger partial charge in [0.05, 0.1) is 18.8 Å². The van der Waals surface area contributed by atoms with E-state index in [1.165, 1.54) is 0 Å². The second kappa shape index (κ2) is 4.94. The van der Waals surface area contributed by atoms with E-state index in [9.17, 15) is 0 Å². The summed E-state index contributed by atoms with van der Waals surface area (Å²) in [6.45, 7) is 6.00. The van der Waals surface area contributed by atoms with Crippen molar-refractivity contribution in [2.75, 3.05) is 27.3 Å². The fourth-order valence-electron chi connectivity index (χ4n) is 1.70. The van der Waals surface area contributed by atoms with Crippen LogP contribution >= 0.6 is 0 Å². The number of rotatable bonds is 4. The first-order valence-electron chi connectivity index (χ1n) is 4.98. The van der Waals surface area contributed by atoms with E-state index >= 15 is 0 Å². The summed E-state index contributed by atoms with van der Waals surface area (Å²) in [5.74, 6) is 0. The summed E-state index contributed by atoms with van der Waals surface area (Å²) < 4.78 is 10.9. The molecule has 1 saturated heterocycles. The highest BCUT2D eigenvalue weighted by Crippen LogP contribution is 2.18. The molecule has 0 amide bonds. The molecule has 2 atom stereocenters. The van der Waals surface area contributed by atoms with Gasteiger partial charge in [0.1, 0.15) is 0 Å². The van der Waals surface area contributed by atoms with Crippen LogP contribution in [0.5, 0.6) is 0 Å². The maximum absolute atomic E-state index is 5.59. The summed E-state index contributed by atoms with van der Waals surface area (Å²) in [4.78, 5) is 2.32. The SMILES string of the molecule is CO[C@H]1C[C@H](COC(C)C)N(C)C1. The highest BCUT2D eigenvalue weighted by molar-refractivity contribution is 4.83. The average molecular weight is 187 g/mol. The van der Waals surface area contributed by atoms with E-state index in [-0.39, 0.29) is 0 Å². The van der Waals surface area contributed by atoms with E-state index in [1.807, 2.05) is 0 Å². The first-order chi connectivity index (χ1) is 6.13. The number of hydrogen-bond acceptors (Lipinski definition) is 3. The Morgan fingerprint density at radius 3 is 2.62 bits per heavy atom. The minimum atomic E-state index is 0.329. The average Bonchev–Trinajstić information content (AvgIpc) is 2.43. The summed E-state index contributed by atoms with van der Waals surface area (Å²) in [5, 5.41) is 0. The zero-order valence-electron chi connectivity index (χ0n) is 9.12. The van der Waals surface area contributed by atoms with Crippen LogP contribution in [0, 0.1) is 0 Å². The van der Waals surface area contributed by atoms with Crippen molar-refractivity contribution in [3.8, 4) is 0 Å². The number of hydrogen-bond donors (Lipinski definition) is 0. The van der Waals surface area contributed by atoms with Gasteiger partial charge >= 0.3 is 0 Å². The highest BCUT2D eigenvalue weighted by atomic mass is 16.5. The van der Waals surface area contributed by atoms with Gasteiger partial charge in [0.25, 0.3) is 0 Å². The molecule has 0 unspecified atom stereocenters. The van der Waals surface area contributed by atoms with Gasteiger partial charge in [-0.3, -0.25) is 4.90 Å². The molecule has 0 aliphatic carbocycles. The van der Waals surface area contributed by atoms with Crippen LogP contribution in [0.25, 0.3) is 0 Å². The molecule has 0 saturated carbocycles. The molecule has 1 heterocycles. The lowest BCUT2D eigenvalue weighted by atomic mass is 10.2. The van der Waals surface area contributed by atoms with Crippen molar-refractivity contribution >= 4 is 0 Å². The maximum Gasteiger partial charge on any atom is 0.0714 e. The quantitative estimate of drug-likeness (QED) is 0.658. The molecule has 1 aliphatic rings. The van der Waals surface area contributed by atoms with Gasteiger partial charge in [0.15, 0.2) is 0 Å². The molecule has 0 aromatic rings. The monoisotopic (exact) mass is 187 g/mol. The lowest BCUT2D eigenvalue weighted by Crippen LogP contribution is -2.30. The zero-order chi connectivity index (χ0) is 9.84. The molecule has 1 aliphatic heterocycles. The maximum atomic E-state index is 5.59. The molecule has 78 valence electrons. The Labute approximate surface area is 81.0 Å². The first-order valence-corrected chi connectivity index (χ1v) is 4.98. The molecule has 0 N–H and O–H groups in total. The largest absolute Gasteiger partial charge is 0.380 e. The number of likely N-dealkylation sites (tertiary alicyclic amines) is 1. The molecule has 0 spiro atoms. The second-order valence-corrected chi connectivity index (χ2v) is 4.07. The molecular weight excluding hydrogens is 166 g/mol. The molecule has 0 bridgehead atoms. The van der Waals surface area contributed by atoms with Crippen molar-refractivity contribution in [3.05, 3.63) is 0 Å². The number of methoxy groups -OCH3 is 1. The predicted octanol–water partition coefficient (Wildman–Crippen LogP) is 1.13. The van der Waals surface area contributed by atoms with Crippen molar-refractivity contribution in [1.82, 2.24) is 4.90 Å². The van der Waals surface area contributed by atoms with E-state index in [2.05, 4.69) is 25.8 Å². The Balaban J connectivity index is 2.26. The van der Waals surface area contributed by atoms with Crippen LogP contribution in [-0.4, -0.2) is 50.5 Å². The Kier molecular flexibility index (Phi) is 4.16. The number of ether oxygens (including phenoxy) is 2. The Morgan fingerprint density at radius 2 is 2.15 bits per heavy atom. The highest BCUT2D eigenvalue weighted by Gasteiger charge is 2.29. The minimum Gasteiger partial charge on any atom is -0.380 e. The van der Waals surface area contributed by atoms with E-state index in [0.717, 1.165) is 19.6 Å². The van der Waals surface area contributed by atoms with Crippen LogP contribution in [0.4, 0.5) is 0 Å². The third-order valence-corrected chi connectivity index (χ3v) is 2.61. The molecule has 3 heteroatoms. The van der Waals surface area contributed by atoms with Crippen LogP contribution in [0.2, 0.25) is 0 Å². The van der Waals surface area contributed by atoms with Crippen LogP contribution in [0.15, 0.2) is 0 Å². The third kappa shape index (κ3) is 3.25. The van der Waals surface area contributed by atoms with Crippen molar-refractivity contribution in [2.45, 2.75) is 38.5 Å². The molecule has 3 nitrogen and oxygen atoms in total. The van der Waals surface area contributed by atoms with E-state index in [4.69, 9.17) is 9.47 Å². The number of nitrogens with zero attached hydrogens (tertiary/aromatic N) is 1. The van der Waals surface area contributed by atoms with Crippen LogP contribution in [0.1, 0.15) is 20.3 Å². The van der Waals surface area contributed by atoms with Gasteiger partial charge in [0.2, 0.25) is 0 Å². The van der Waals surface area contributed by atoms with E-state index in [0.29, 0.717) is 18.2 Å². The van der Waals surface area contributed by atoms with Crippen LogP contribution in [-0.2, 0) is 9.47 Å². The van der Waals surface area contributed by atoms with Gasteiger partial charge in [0, 0.05) is 19.7 Å². The zero-order valence-corrected chi connectivity index (χ0v) is 9.12. The summed E-state index contributed by atoms with van der Waals surface area (Å²) >= 11 is 0. The lowest BCUT2D eigenvalue weighted by Gasteiger charge is -2.19. The third-order valence-electron chi connectivity index (χ3n) is 2.61. The Bertz CT molecular complexity index is 150. The van der Waals surface area contributed by atoms with Gasteiger partial charge in [-0.15, -0.1) is 0 Å². The Hall–Kier alpha value is -0.120. The summed E-state index contributed by atoms with van der Waals surface area (Å²) in [6.07, 6.45) is 1.82. The second-order valence-electron chi connectivity index (χ2n) is 4.07. The summed E-state index contributed by atoms with van der Waals surface area (Å²) in [5.41, 5.74) is 0. The molecule has 0 aromatic heterocycles. The van der Waals surface area contributed by atoms with Crippen molar-refractivity contribution < 1.29 is 9.47 Å². The number of likely N-dealkylation sites (N-methyl/N-ethyl adjacent to an activating group) is 1. The van der Waals surface area contributed by atoms with Crippen molar-refractivity contribution in [2.24, 2.45) is 0 Å². The van der Waals surface area contributed by atoms with E-state index < -0.39 is 0 Å². The molecule has 13 heavy (non-hydrogen) atoms.